The molecular weight excluding hydrogens is 238 g/mol. The number of aromatic nitrogens is 2. The number of hydrogen-bond acceptors (Lipinski definition) is 4. The van der Waals surface area contributed by atoms with Gasteiger partial charge in [-0.2, -0.15) is 0 Å². The highest BCUT2D eigenvalue weighted by atomic mass is 16.3. The van der Waals surface area contributed by atoms with Gasteiger partial charge in [0.2, 0.25) is 0 Å². The van der Waals surface area contributed by atoms with Gasteiger partial charge in [-0.25, -0.2) is 9.97 Å². The highest BCUT2D eigenvalue weighted by Crippen LogP contribution is 2.28. The van der Waals surface area contributed by atoms with Gasteiger partial charge >= 0.3 is 0 Å². The lowest BCUT2D eigenvalue weighted by atomic mass is 9.91. The number of aliphatic hydroxyl groups excluding tert-OH is 1. The fourth-order valence-corrected chi connectivity index (χ4v) is 3.29. The first kappa shape index (κ1) is 12.9. The van der Waals surface area contributed by atoms with E-state index in [1.165, 1.54) is 30.5 Å². The lowest BCUT2D eigenvalue weighted by molar-refractivity contribution is 0.116. The molecule has 1 heterocycles. The van der Waals surface area contributed by atoms with E-state index in [4.69, 9.17) is 0 Å². The van der Waals surface area contributed by atoms with Crippen LogP contribution in [0.4, 0.5) is 5.82 Å². The summed E-state index contributed by atoms with van der Waals surface area (Å²) < 4.78 is 0. The molecule has 0 saturated heterocycles. The molecule has 4 nitrogen and oxygen atoms in total. The number of rotatable bonds is 2. The zero-order chi connectivity index (χ0) is 13.2. The highest BCUT2D eigenvalue weighted by molar-refractivity contribution is 5.48. The van der Waals surface area contributed by atoms with E-state index in [0.29, 0.717) is 0 Å². The molecule has 0 amide bonds. The van der Waals surface area contributed by atoms with Crippen molar-refractivity contribution >= 4 is 5.82 Å². The zero-order valence-corrected chi connectivity index (χ0v) is 11.7. The summed E-state index contributed by atoms with van der Waals surface area (Å²) in [5.41, 5.74) is 2.50. The standard InChI is InChI=1S/C15H23N3O/c1-10-16-12-7-3-2-6-11(12)15(17-10)18-13-8-4-5-9-14(13)19/h13-14,19H,2-9H2,1H3,(H,16,17,18)/t13-,14-/m0/s1. The third-order valence-corrected chi connectivity index (χ3v) is 4.35. The Morgan fingerprint density at radius 1 is 1.05 bits per heavy atom. The van der Waals surface area contributed by atoms with Crippen LogP contribution in [0.25, 0.3) is 0 Å². The second kappa shape index (κ2) is 5.45. The summed E-state index contributed by atoms with van der Waals surface area (Å²) in [7, 11) is 0. The van der Waals surface area contributed by atoms with E-state index in [2.05, 4.69) is 15.3 Å². The molecule has 2 atom stereocenters. The first-order chi connectivity index (χ1) is 9.24. The van der Waals surface area contributed by atoms with E-state index in [1.807, 2.05) is 6.92 Å². The maximum Gasteiger partial charge on any atom is 0.133 e. The van der Waals surface area contributed by atoms with E-state index >= 15 is 0 Å². The Hall–Kier alpha value is -1.16. The van der Waals surface area contributed by atoms with Crippen LogP contribution in [0.15, 0.2) is 0 Å². The maximum absolute atomic E-state index is 10.1. The van der Waals surface area contributed by atoms with Crippen LogP contribution in [0.2, 0.25) is 0 Å². The van der Waals surface area contributed by atoms with Crippen molar-refractivity contribution in [2.45, 2.75) is 70.4 Å². The van der Waals surface area contributed by atoms with Gasteiger partial charge in [0.25, 0.3) is 0 Å². The molecule has 0 radical (unpaired) electrons. The van der Waals surface area contributed by atoms with Gasteiger partial charge in [0.15, 0.2) is 0 Å². The van der Waals surface area contributed by atoms with Gasteiger partial charge < -0.3 is 10.4 Å². The predicted octanol–water partition coefficient (Wildman–Crippen LogP) is 2.38. The molecule has 1 saturated carbocycles. The number of nitrogens with zero attached hydrogens (tertiary/aromatic N) is 2. The van der Waals surface area contributed by atoms with Crippen molar-refractivity contribution in [2.24, 2.45) is 0 Å². The van der Waals surface area contributed by atoms with Crippen molar-refractivity contribution in [3.8, 4) is 0 Å². The Labute approximate surface area is 114 Å². The summed E-state index contributed by atoms with van der Waals surface area (Å²) in [5.74, 6) is 1.82. The van der Waals surface area contributed by atoms with Gasteiger partial charge in [0.05, 0.1) is 12.1 Å². The van der Waals surface area contributed by atoms with Gasteiger partial charge in [0, 0.05) is 11.3 Å². The largest absolute Gasteiger partial charge is 0.391 e. The lowest BCUT2D eigenvalue weighted by Crippen LogP contribution is -2.37. The minimum Gasteiger partial charge on any atom is -0.391 e. The van der Waals surface area contributed by atoms with Crippen LogP contribution in [0.1, 0.15) is 55.6 Å². The third kappa shape index (κ3) is 2.73. The Balaban J connectivity index is 1.85. The number of hydrogen-bond donors (Lipinski definition) is 2. The lowest BCUT2D eigenvalue weighted by Gasteiger charge is -2.30. The van der Waals surface area contributed by atoms with Crippen molar-refractivity contribution < 1.29 is 5.11 Å². The predicted molar refractivity (Wildman–Crippen MR) is 75.3 cm³/mol. The van der Waals surface area contributed by atoms with Crippen LogP contribution in [-0.2, 0) is 12.8 Å². The van der Waals surface area contributed by atoms with E-state index < -0.39 is 0 Å². The number of aryl methyl sites for hydroxylation is 2. The molecule has 104 valence electrons. The monoisotopic (exact) mass is 261 g/mol. The van der Waals surface area contributed by atoms with Crippen LogP contribution in [0.3, 0.4) is 0 Å². The van der Waals surface area contributed by atoms with Crippen LogP contribution in [0, 0.1) is 6.92 Å². The first-order valence-electron chi connectivity index (χ1n) is 7.55. The molecule has 2 N–H and O–H groups in total. The summed E-state index contributed by atoms with van der Waals surface area (Å²) in [4.78, 5) is 9.15. The number of nitrogens with one attached hydrogen (secondary N) is 1. The van der Waals surface area contributed by atoms with E-state index in [-0.39, 0.29) is 12.1 Å². The average molecular weight is 261 g/mol. The fourth-order valence-electron chi connectivity index (χ4n) is 3.29. The Kier molecular flexibility index (Phi) is 3.69. The Bertz CT molecular complexity index is 461. The molecule has 2 aliphatic carbocycles. The Morgan fingerprint density at radius 2 is 1.84 bits per heavy atom. The molecule has 0 aliphatic heterocycles. The normalized spacial score (nSPS) is 26.8. The molecule has 0 unspecified atom stereocenters. The van der Waals surface area contributed by atoms with Gasteiger partial charge in [0.1, 0.15) is 11.6 Å². The summed E-state index contributed by atoms with van der Waals surface area (Å²) in [6, 6.07) is 0.161. The summed E-state index contributed by atoms with van der Waals surface area (Å²) in [6.45, 7) is 1.96. The Morgan fingerprint density at radius 3 is 2.68 bits per heavy atom. The number of anilines is 1. The van der Waals surface area contributed by atoms with Crippen LogP contribution >= 0.6 is 0 Å². The van der Waals surface area contributed by atoms with Crippen molar-refractivity contribution in [1.82, 2.24) is 9.97 Å². The van der Waals surface area contributed by atoms with E-state index in [0.717, 1.165) is 43.7 Å². The molecule has 4 heteroatoms. The summed E-state index contributed by atoms with van der Waals surface area (Å²) in [5, 5.41) is 13.6. The molecule has 0 bridgehead atoms. The minimum atomic E-state index is -0.233. The number of aliphatic hydroxyl groups is 1. The average Bonchev–Trinajstić information content (AvgIpc) is 2.41. The maximum atomic E-state index is 10.1. The molecule has 1 aromatic rings. The summed E-state index contributed by atoms with van der Waals surface area (Å²) >= 11 is 0. The van der Waals surface area contributed by atoms with Crippen molar-refractivity contribution in [2.75, 3.05) is 5.32 Å². The van der Waals surface area contributed by atoms with Crippen LogP contribution in [-0.4, -0.2) is 27.2 Å². The molecule has 3 rings (SSSR count). The molecule has 1 fully saturated rings. The smallest absolute Gasteiger partial charge is 0.133 e. The quantitative estimate of drug-likeness (QED) is 0.858. The third-order valence-electron chi connectivity index (χ3n) is 4.35. The second-order valence-corrected chi connectivity index (χ2v) is 5.85. The molecule has 19 heavy (non-hydrogen) atoms. The van der Waals surface area contributed by atoms with Gasteiger partial charge in [-0.05, 0) is 45.4 Å². The second-order valence-electron chi connectivity index (χ2n) is 5.85. The van der Waals surface area contributed by atoms with E-state index in [9.17, 15) is 5.11 Å². The molecule has 0 spiro atoms. The van der Waals surface area contributed by atoms with Crippen LogP contribution in [0.5, 0.6) is 0 Å². The number of fused-ring (bicyclic) bond motifs is 1. The van der Waals surface area contributed by atoms with Crippen molar-refractivity contribution in [3.63, 3.8) is 0 Å². The van der Waals surface area contributed by atoms with Gasteiger partial charge in [-0.3, -0.25) is 0 Å². The molecular formula is C15H23N3O. The van der Waals surface area contributed by atoms with Gasteiger partial charge in [-0.15, -0.1) is 0 Å². The summed E-state index contributed by atoms with van der Waals surface area (Å²) in [6.07, 6.45) is 8.64. The topological polar surface area (TPSA) is 58.0 Å². The van der Waals surface area contributed by atoms with Gasteiger partial charge in [-0.1, -0.05) is 12.8 Å². The zero-order valence-electron chi connectivity index (χ0n) is 11.7. The fraction of sp³-hybridized carbons (Fsp3) is 0.733. The van der Waals surface area contributed by atoms with E-state index in [1.54, 1.807) is 0 Å². The highest BCUT2D eigenvalue weighted by Gasteiger charge is 2.25. The molecule has 1 aromatic heterocycles. The minimum absolute atomic E-state index is 0.161. The van der Waals surface area contributed by atoms with Crippen LogP contribution < -0.4 is 5.32 Å². The first-order valence-corrected chi connectivity index (χ1v) is 7.55. The SMILES string of the molecule is Cc1nc2c(c(N[C@H]3CCCC[C@@H]3O)n1)CCCC2. The molecule has 0 aromatic carbocycles. The molecule has 2 aliphatic rings. The van der Waals surface area contributed by atoms with Crippen molar-refractivity contribution in [3.05, 3.63) is 17.1 Å². The van der Waals surface area contributed by atoms with Crippen molar-refractivity contribution in [1.29, 1.82) is 0 Å².